The van der Waals surface area contributed by atoms with Gasteiger partial charge in [0.1, 0.15) is 0 Å². The van der Waals surface area contributed by atoms with Crippen molar-refractivity contribution in [2.75, 3.05) is 5.73 Å². The first-order valence-corrected chi connectivity index (χ1v) is 7.78. The zero-order valence-electron chi connectivity index (χ0n) is 13.4. The molecule has 1 aromatic rings. The molecular weight excluding hydrogens is 262 g/mol. The Kier molecular flexibility index (Phi) is 3.05. The van der Waals surface area contributed by atoms with Crippen molar-refractivity contribution in [3.05, 3.63) is 23.5 Å². The number of hydrogen-bond acceptors (Lipinski definition) is 3. The van der Waals surface area contributed by atoms with Crippen LogP contribution in [0.5, 0.6) is 0 Å². The van der Waals surface area contributed by atoms with Gasteiger partial charge in [0.15, 0.2) is 0 Å². The lowest BCUT2D eigenvalue weighted by molar-refractivity contribution is 0.0825. The van der Waals surface area contributed by atoms with Crippen LogP contribution in [0.3, 0.4) is 0 Å². The summed E-state index contributed by atoms with van der Waals surface area (Å²) in [5.41, 5.74) is 8.11. The molecule has 2 aliphatic carbocycles. The molecule has 3 unspecified atom stereocenters. The molecule has 2 aliphatic rings. The predicted molar refractivity (Wildman–Crippen MR) is 83.9 cm³/mol. The van der Waals surface area contributed by atoms with Crippen molar-refractivity contribution in [1.29, 1.82) is 0 Å². The monoisotopic (exact) mass is 287 g/mol. The number of rotatable bonds is 2. The average Bonchev–Trinajstić information content (AvgIpc) is 2.74. The van der Waals surface area contributed by atoms with E-state index in [1.165, 1.54) is 12.8 Å². The lowest BCUT2D eigenvalue weighted by Crippen LogP contribution is -2.47. The van der Waals surface area contributed by atoms with Gasteiger partial charge in [-0.2, -0.15) is 0 Å². The highest BCUT2D eigenvalue weighted by Gasteiger charge is 2.61. The molecule has 2 saturated carbocycles. The fraction of sp³-hybridized carbons (Fsp3) is 0.647. The van der Waals surface area contributed by atoms with E-state index in [1.54, 1.807) is 12.3 Å². The Balaban J connectivity index is 1.82. The largest absolute Gasteiger partial charge is 0.397 e. The van der Waals surface area contributed by atoms with Crippen molar-refractivity contribution in [2.45, 2.75) is 53.0 Å². The van der Waals surface area contributed by atoms with Crippen LogP contribution in [0.1, 0.15) is 56.1 Å². The number of nitrogens with two attached hydrogens (primary N) is 1. The number of aryl methyl sites for hydroxylation is 1. The molecule has 1 amide bonds. The smallest absolute Gasteiger partial charge is 0.253 e. The van der Waals surface area contributed by atoms with E-state index >= 15 is 0 Å². The molecule has 3 atom stereocenters. The second kappa shape index (κ2) is 4.46. The summed E-state index contributed by atoms with van der Waals surface area (Å²) in [5, 5.41) is 3.26. The number of carbonyl (C=O) groups excluding carboxylic acids is 1. The Labute approximate surface area is 126 Å². The van der Waals surface area contributed by atoms with Gasteiger partial charge in [-0.3, -0.25) is 9.78 Å². The summed E-state index contributed by atoms with van der Waals surface area (Å²) in [7, 11) is 0. The summed E-state index contributed by atoms with van der Waals surface area (Å²) in [6.07, 6.45) is 5.16. The Hall–Kier alpha value is -1.58. The number of nitrogens with zero attached hydrogens (tertiary/aromatic N) is 1. The van der Waals surface area contributed by atoms with Gasteiger partial charge in [-0.05, 0) is 49.0 Å². The number of hydrogen-bond donors (Lipinski definition) is 2. The van der Waals surface area contributed by atoms with E-state index in [4.69, 9.17) is 5.73 Å². The molecule has 4 heteroatoms. The minimum Gasteiger partial charge on any atom is -0.397 e. The van der Waals surface area contributed by atoms with E-state index in [0.29, 0.717) is 22.6 Å². The molecule has 0 aliphatic heterocycles. The van der Waals surface area contributed by atoms with Crippen molar-refractivity contribution in [3.63, 3.8) is 0 Å². The first-order valence-electron chi connectivity index (χ1n) is 7.78. The Bertz CT molecular complexity index is 596. The van der Waals surface area contributed by atoms with Crippen LogP contribution >= 0.6 is 0 Å². The molecule has 3 N–H and O–H groups in total. The highest BCUT2D eigenvalue weighted by Crippen LogP contribution is 2.65. The van der Waals surface area contributed by atoms with Gasteiger partial charge in [0.05, 0.1) is 23.1 Å². The van der Waals surface area contributed by atoms with Crippen LogP contribution in [-0.4, -0.2) is 16.9 Å². The van der Waals surface area contributed by atoms with Crippen molar-refractivity contribution in [3.8, 4) is 0 Å². The maximum Gasteiger partial charge on any atom is 0.253 e. The first kappa shape index (κ1) is 14.4. The maximum atomic E-state index is 12.6. The molecule has 2 bridgehead atoms. The van der Waals surface area contributed by atoms with E-state index in [0.717, 1.165) is 12.1 Å². The Morgan fingerprint density at radius 1 is 1.43 bits per heavy atom. The van der Waals surface area contributed by atoms with Gasteiger partial charge in [0.2, 0.25) is 0 Å². The zero-order valence-corrected chi connectivity index (χ0v) is 13.4. The summed E-state index contributed by atoms with van der Waals surface area (Å²) < 4.78 is 0. The number of nitrogen functional groups attached to an aromatic ring is 1. The second-order valence-corrected chi connectivity index (χ2v) is 7.54. The molecule has 2 fully saturated rings. The molecular formula is C17H25N3O. The van der Waals surface area contributed by atoms with Crippen LogP contribution in [0.4, 0.5) is 5.69 Å². The number of carbonyl (C=O) groups is 1. The molecule has 0 saturated heterocycles. The predicted octanol–water partition coefficient (Wildman–Crippen LogP) is 2.92. The van der Waals surface area contributed by atoms with Crippen LogP contribution in [0.2, 0.25) is 0 Å². The Morgan fingerprint density at radius 3 is 2.71 bits per heavy atom. The summed E-state index contributed by atoms with van der Waals surface area (Å²) in [4.78, 5) is 16.8. The average molecular weight is 287 g/mol. The molecule has 4 nitrogen and oxygen atoms in total. The van der Waals surface area contributed by atoms with E-state index < -0.39 is 0 Å². The standard InChI is InChI=1S/C17H25N3O/c1-10-13(8-12(18)9-19-10)15(21)20-14-7-11-5-6-17(14,4)16(11,2)3/h8-9,11,14H,5-7,18H2,1-4H3,(H,20,21). The molecule has 0 spiro atoms. The van der Waals surface area contributed by atoms with Crippen molar-refractivity contribution in [2.24, 2.45) is 16.7 Å². The van der Waals surface area contributed by atoms with Gasteiger partial charge in [-0.15, -0.1) is 0 Å². The number of amides is 1. The summed E-state index contributed by atoms with van der Waals surface area (Å²) in [5.74, 6) is 0.676. The van der Waals surface area contributed by atoms with Gasteiger partial charge in [-0.25, -0.2) is 0 Å². The third-order valence-electron chi connectivity index (χ3n) is 6.45. The molecule has 0 aromatic carbocycles. The van der Waals surface area contributed by atoms with Crippen LogP contribution < -0.4 is 11.1 Å². The topological polar surface area (TPSA) is 68.0 Å². The fourth-order valence-corrected chi connectivity index (χ4v) is 4.44. The lowest BCUT2D eigenvalue weighted by atomic mass is 9.69. The zero-order chi connectivity index (χ0) is 15.4. The lowest BCUT2D eigenvalue weighted by Gasteiger charge is -2.39. The van der Waals surface area contributed by atoms with Gasteiger partial charge in [0.25, 0.3) is 5.91 Å². The van der Waals surface area contributed by atoms with Crippen LogP contribution in [0, 0.1) is 23.7 Å². The SMILES string of the molecule is Cc1ncc(N)cc1C(=O)NC1CC2CCC1(C)C2(C)C. The molecule has 114 valence electrons. The van der Waals surface area contributed by atoms with E-state index in [9.17, 15) is 4.79 Å². The molecule has 1 aromatic heterocycles. The van der Waals surface area contributed by atoms with Crippen molar-refractivity contribution in [1.82, 2.24) is 10.3 Å². The van der Waals surface area contributed by atoms with E-state index in [1.807, 2.05) is 6.92 Å². The molecule has 0 radical (unpaired) electrons. The Morgan fingerprint density at radius 2 is 2.14 bits per heavy atom. The number of anilines is 1. The first-order chi connectivity index (χ1) is 9.75. The number of nitrogens with one attached hydrogen (secondary N) is 1. The third kappa shape index (κ3) is 1.95. The second-order valence-electron chi connectivity index (χ2n) is 7.54. The summed E-state index contributed by atoms with van der Waals surface area (Å²) in [6.45, 7) is 8.88. The quantitative estimate of drug-likeness (QED) is 0.878. The molecule has 21 heavy (non-hydrogen) atoms. The molecule has 3 rings (SSSR count). The number of aromatic nitrogens is 1. The normalized spacial score (nSPS) is 33.1. The van der Waals surface area contributed by atoms with E-state index in [-0.39, 0.29) is 17.4 Å². The summed E-state index contributed by atoms with van der Waals surface area (Å²) >= 11 is 0. The minimum absolute atomic E-state index is 0.0399. The third-order valence-corrected chi connectivity index (χ3v) is 6.45. The fourth-order valence-electron chi connectivity index (χ4n) is 4.44. The van der Waals surface area contributed by atoms with Crippen LogP contribution in [-0.2, 0) is 0 Å². The van der Waals surface area contributed by atoms with Gasteiger partial charge in [0, 0.05) is 6.04 Å². The summed E-state index contributed by atoms with van der Waals surface area (Å²) in [6, 6.07) is 1.97. The van der Waals surface area contributed by atoms with Crippen LogP contribution in [0.25, 0.3) is 0 Å². The number of pyridine rings is 1. The molecule has 1 heterocycles. The highest BCUT2D eigenvalue weighted by molar-refractivity contribution is 5.96. The van der Waals surface area contributed by atoms with Gasteiger partial charge < -0.3 is 11.1 Å². The van der Waals surface area contributed by atoms with Crippen molar-refractivity contribution >= 4 is 11.6 Å². The highest BCUT2D eigenvalue weighted by atomic mass is 16.1. The van der Waals surface area contributed by atoms with Gasteiger partial charge in [-0.1, -0.05) is 20.8 Å². The number of fused-ring (bicyclic) bond motifs is 2. The van der Waals surface area contributed by atoms with Gasteiger partial charge >= 0.3 is 0 Å². The van der Waals surface area contributed by atoms with E-state index in [2.05, 4.69) is 31.1 Å². The minimum atomic E-state index is -0.0399. The van der Waals surface area contributed by atoms with Crippen LogP contribution in [0.15, 0.2) is 12.3 Å². The van der Waals surface area contributed by atoms with Crippen molar-refractivity contribution < 1.29 is 4.79 Å². The maximum absolute atomic E-state index is 12.6.